The van der Waals surface area contributed by atoms with E-state index in [2.05, 4.69) is 15.1 Å². The average Bonchev–Trinajstić information content (AvgIpc) is 2.19. The Morgan fingerprint density at radius 1 is 1.54 bits per heavy atom. The van der Waals surface area contributed by atoms with Gasteiger partial charge in [-0.15, -0.1) is 4.98 Å². The smallest absolute Gasteiger partial charge is 0.269 e. The summed E-state index contributed by atoms with van der Waals surface area (Å²) in [6.07, 6.45) is 1.71. The average molecular weight is 176 g/mol. The van der Waals surface area contributed by atoms with Crippen LogP contribution in [-0.2, 0) is 6.54 Å². The second-order valence-corrected chi connectivity index (χ2v) is 2.60. The van der Waals surface area contributed by atoms with Crippen LogP contribution in [0.15, 0.2) is 18.3 Å². The quantitative estimate of drug-likeness (QED) is 0.524. The van der Waals surface area contributed by atoms with Gasteiger partial charge in [-0.1, -0.05) is 12.6 Å². The van der Waals surface area contributed by atoms with Gasteiger partial charge in [0.25, 0.3) is 5.82 Å². The fourth-order valence-electron chi connectivity index (χ4n) is 0.922. The van der Waals surface area contributed by atoms with Gasteiger partial charge in [-0.2, -0.15) is 0 Å². The molecule has 0 amide bonds. The highest BCUT2D eigenvalue weighted by Gasteiger charge is 1.95. The SMILES string of the molecule is [C-]#[N+]c1ccc(CNCCN)cn1. The molecule has 0 bridgehead atoms. The standard InChI is InChI=1S/C9H12N4/c1-11-9-3-2-8(7-13-9)6-12-5-4-10/h2-3,7,12H,4-6,10H2. The van der Waals surface area contributed by atoms with Crippen molar-refractivity contribution >= 4 is 5.82 Å². The normalized spacial score (nSPS) is 9.54. The number of hydrogen-bond donors (Lipinski definition) is 2. The number of nitrogens with two attached hydrogens (primary N) is 1. The van der Waals surface area contributed by atoms with Crippen molar-refractivity contribution in [3.05, 3.63) is 35.3 Å². The van der Waals surface area contributed by atoms with Crippen molar-refractivity contribution in [2.24, 2.45) is 5.73 Å². The molecule has 1 rings (SSSR count). The first-order valence-corrected chi connectivity index (χ1v) is 4.10. The molecule has 0 spiro atoms. The van der Waals surface area contributed by atoms with Gasteiger partial charge in [0, 0.05) is 25.2 Å². The largest absolute Gasteiger partial charge is 0.361 e. The van der Waals surface area contributed by atoms with E-state index in [4.69, 9.17) is 12.3 Å². The zero-order valence-corrected chi connectivity index (χ0v) is 7.33. The molecule has 0 aliphatic heterocycles. The molecule has 13 heavy (non-hydrogen) atoms. The Kier molecular flexibility index (Phi) is 3.89. The lowest BCUT2D eigenvalue weighted by molar-refractivity contribution is 0.693. The van der Waals surface area contributed by atoms with Crippen LogP contribution >= 0.6 is 0 Å². The highest BCUT2D eigenvalue weighted by molar-refractivity contribution is 5.35. The summed E-state index contributed by atoms with van der Waals surface area (Å²) >= 11 is 0. The van der Waals surface area contributed by atoms with Gasteiger partial charge in [-0.25, -0.2) is 0 Å². The Morgan fingerprint density at radius 3 is 2.92 bits per heavy atom. The number of hydrogen-bond acceptors (Lipinski definition) is 3. The van der Waals surface area contributed by atoms with Crippen molar-refractivity contribution in [2.75, 3.05) is 13.1 Å². The highest BCUT2D eigenvalue weighted by Crippen LogP contribution is 2.07. The van der Waals surface area contributed by atoms with Gasteiger partial charge in [-0.3, -0.25) is 0 Å². The predicted octanol–water partition coefficient (Wildman–Crippen LogP) is 0.681. The van der Waals surface area contributed by atoms with E-state index in [0.717, 1.165) is 18.7 Å². The minimum absolute atomic E-state index is 0.433. The lowest BCUT2D eigenvalue weighted by atomic mass is 10.3. The van der Waals surface area contributed by atoms with Crippen LogP contribution in [0.4, 0.5) is 5.82 Å². The number of nitrogens with one attached hydrogen (secondary N) is 1. The van der Waals surface area contributed by atoms with E-state index >= 15 is 0 Å². The van der Waals surface area contributed by atoms with Crippen molar-refractivity contribution in [3.8, 4) is 0 Å². The molecular formula is C9H12N4. The molecule has 3 N–H and O–H groups in total. The van der Waals surface area contributed by atoms with Crippen LogP contribution in [0.3, 0.4) is 0 Å². The van der Waals surface area contributed by atoms with Crippen LogP contribution < -0.4 is 11.1 Å². The van der Waals surface area contributed by atoms with Crippen molar-refractivity contribution in [2.45, 2.75) is 6.54 Å². The Hall–Kier alpha value is -1.44. The van der Waals surface area contributed by atoms with Crippen molar-refractivity contribution in [3.63, 3.8) is 0 Å². The maximum Gasteiger partial charge on any atom is 0.269 e. The highest BCUT2D eigenvalue weighted by atomic mass is 14.9. The van der Waals surface area contributed by atoms with Gasteiger partial charge in [0.1, 0.15) is 6.20 Å². The maximum atomic E-state index is 6.71. The lowest BCUT2D eigenvalue weighted by Crippen LogP contribution is -2.21. The van der Waals surface area contributed by atoms with Crippen molar-refractivity contribution in [1.29, 1.82) is 0 Å². The second kappa shape index (κ2) is 5.25. The van der Waals surface area contributed by atoms with Gasteiger partial charge in [0.05, 0.1) is 0 Å². The van der Waals surface area contributed by atoms with Crippen LogP contribution in [0.5, 0.6) is 0 Å². The lowest BCUT2D eigenvalue weighted by Gasteiger charge is -2.00. The zero-order valence-electron chi connectivity index (χ0n) is 7.33. The van der Waals surface area contributed by atoms with Gasteiger partial charge in [0.2, 0.25) is 0 Å². The van der Waals surface area contributed by atoms with Crippen molar-refractivity contribution < 1.29 is 0 Å². The van der Waals surface area contributed by atoms with E-state index < -0.39 is 0 Å². The Labute approximate surface area is 77.6 Å². The number of aromatic nitrogens is 1. The molecule has 1 aromatic rings. The van der Waals surface area contributed by atoms with E-state index in [9.17, 15) is 0 Å². The van der Waals surface area contributed by atoms with Crippen LogP contribution in [0.1, 0.15) is 5.56 Å². The van der Waals surface area contributed by atoms with Crippen LogP contribution in [-0.4, -0.2) is 18.1 Å². The van der Waals surface area contributed by atoms with E-state index in [0.29, 0.717) is 12.4 Å². The van der Waals surface area contributed by atoms with E-state index in [1.807, 2.05) is 6.07 Å². The molecule has 0 radical (unpaired) electrons. The number of rotatable bonds is 4. The minimum Gasteiger partial charge on any atom is -0.361 e. The summed E-state index contributed by atoms with van der Waals surface area (Å²) in [6, 6.07) is 3.61. The first-order valence-electron chi connectivity index (χ1n) is 4.10. The second-order valence-electron chi connectivity index (χ2n) is 2.60. The van der Waals surface area contributed by atoms with Crippen LogP contribution in [0.2, 0.25) is 0 Å². The molecule has 0 unspecified atom stereocenters. The maximum absolute atomic E-state index is 6.71. The molecule has 68 valence electrons. The summed E-state index contributed by atoms with van der Waals surface area (Å²) in [5.41, 5.74) is 6.39. The molecule has 0 saturated carbocycles. The molecule has 0 fully saturated rings. The fraction of sp³-hybridized carbons (Fsp3) is 0.333. The third kappa shape index (κ3) is 3.20. The predicted molar refractivity (Wildman–Crippen MR) is 51.3 cm³/mol. The van der Waals surface area contributed by atoms with Crippen LogP contribution in [0.25, 0.3) is 4.85 Å². The summed E-state index contributed by atoms with van der Waals surface area (Å²) in [5.74, 6) is 0.433. The molecule has 0 aliphatic rings. The van der Waals surface area contributed by atoms with Gasteiger partial charge >= 0.3 is 0 Å². The molecule has 4 heteroatoms. The number of pyridine rings is 1. The summed E-state index contributed by atoms with van der Waals surface area (Å²) in [6.45, 7) is 8.89. The van der Waals surface area contributed by atoms with E-state index in [1.54, 1.807) is 12.3 Å². The fourth-order valence-corrected chi connectivity index (χ4v) is 0.922. The number of nitrogens with zero attached hydrogens (tertiary/aromatic N) is 2. The summed E-state index contributed by atoms with van der Waals surface area (Å²) in [5, 5.41) is 3.15. The van der Waals surface area contributed by atoms with Crippen LogP contribution in [0, 0.1) is 6.57 Å². The van der Waals surface area contributed by atoms with Gasteiger partial charge < -0.3 is 15.9 Å². The Bertz CT molecular complexity index is 285. The van der Waals surface area contributed by atoms with Gasteiger partial charge in [0.15, 0.2) is 0 Å². The first kappa shape index (κ1) is 9.65. The topological polar surface area (TPSA) is 55.3 Å². The molecule has 0 aromatic carbocycles. The Balaban J connectivity index is 2.46. The monoisotopic (exact) mass is 176 g/mol. The third-order valence-electron chi connectivity index (χ3n) is 1.57. The summed E-state index contributed by atoms with van der Waals surface area (Å²) < 4.78 is 0. The molecule has 1 aromatic heterocycles. The Morgan fingerprint density at radius 2 is 2.38 bits per heavy atom. The molecule has 0 saturated heterocycles. The molecular weight excluding hydrogens is 164 g/mol. The third-order valence-corrected chi connectivity index (χ3v) is 1.57. The van der Waals surface area contributed by atoms with E-state index in [-0.39, 0.29) is 0 Å². The molecule has 4 nitrogen and oxygen atoms in total. The van der Waals surface area contributed by atoms with Gasteiger partial charge in [-0.05, 0) is 6.07 Å². The first-order chi connectivity index (χ1) is 6.36. The summed E-state index contributed by atoms with van der Waals surface area (Å²) in [7, 11) is 0. The molecule has 1 heterocycles. The molecule has 0 aliphatic carbocycles. The zero-order chi connectivity index (χ0) is 9.52. The summed E-state index contributed by atoms with van der Waals surface area (Å²) in [4.78, 5) is 7.16. The van der Waals surface area contributed by atoms with E-state index in [1.165, 1.54) is 0 Å². The minimum atomic E-state index is 0.433. The van der Waals surface area contributed by atoms with Crippen molar-refractivity contribution in [1.82, 2.24) is 10.3 Å². The molecule has 0 atom stereocenters.